The van der Waals surface area contributed by atoms with E-state index in [9.17, 15) is 0 Å². The largest absolute Gasteiger partial charge is 0.497 e. The van der Waals surface area contributed by atoms with Gasteiger partial charge in [0.15, 0.2) is 5.65 Å². The molecule has 0 amide bonds. The number of aromatic nitrogens is 3. The average Bonchev–Trinajstić information content (AvgIpc) is 3.05. The number of hydrogen-bond acceptors (Lipinski definition) is 3. The zero-order valence-corrected chi connectivity index (χ0v) is 13.6. The lowest BCUT2D eigenvalue weighted by atomic mass is 10.0. The van der Waals surface area contributed by atoms with Crippen LogP contribution in [-0.4, -0.2) is 22.3 Å². The molecule has 2 heterocycles. The first kappa shape index (κ1) is 14.5. The quantitative estimate of drug-likeness (QED) is 0.600. The van der Waals surface area contributed by atoms with Gasteiger partial charge < -0.3 is 4.74 Å². The van der Waals surface area contributed by atoms with Crippen LogP contribution >= 0.6 is 0 Å². The smallest absolute Gasteiger partial charge is 0.181 e. The van der Waals surface area contributed by atoms with Crippen molar-refractivity contribution in [2.24, 2.45) is 0 Å². The van der Waals surface area contributed by atoms with E-state index in [-0.39, 0.29) is 0 Å². The van der Waals surface area contributed by atoms with Crippen LogP contribution in [0.25, 0.3) is 33.4 Å². The number of methoxy groups -OCH3 is 1. The molecule has 0 spiro atoms. The van der Waals surface area contributed by atoms with Crippen LogP contribution in [0.15, 0.2) is 60.8 Å². The van der Waals surface area contributed by atoms with E-state index < -0.39 is 0 Å². The van der Waals surface area contributed by atoms with Crippen LogP contribution in [0, 0.1) is 6.92 Å². The summed E-state index contributed by atoms with van der Waals surface area (Å²) in [4.78, 5) is 4.49. The van der Waals surface area contributed by atoms with Gasteiger partial charge in [-0.2, -0.15) is 5.10 Å². The number of nitrogens with one attached hydrogen (secondary N) is 1. The highest BCUT2D eigenvalue weighted by Gasteiger charge is 2.10. The van der Waals surface area contributed by atoms with Crippen molar-refractivity contribution >= 4 is 11.0 Å². The molecule has 4 rings (SSSR count). The minimum absolute atomic E-state index is 0.719. The van der Waals surface area contributed by atoms with Gasteiger partial charge in [0.1, 0.15) is 5.75 Å². The Kier molecular flexibility index (Phi) is 3.50. The highest BCUT2D eigenvalue weighted by Crippen LogP contribution is 2.30. The van der Waals surface area contributed by atoms with Gasteiger partial charge in [-0.3, -0.25) is 5.10 Å². The highest BCUT2D eigenvalue weighted by molar-refractivity contribution is 5.93. The Bertz CT molecular complexity index is 986. The number of fused-ring (bicyclic) bond motifs is 1. The Morgan fingerprint density at radius 1 is 0.875 bits per heavy atom. The Morgan fingerprint density at radius 3 is 2.29 bits per heavy atom. The van der Waals surface area contributed by atoms with Gasteiger partial charge in [0.25, 0.3) is 0 Å². The summed E-state index contributed by atoms with van der Waals surface area (Å²) in [5, 5.41) is 8.43. The van der Waals surface area contributed by atoms with Gasteiger partial charge in [-0.25, -0.2) is 4.98 Å². The van der Waals surface area contributed by atoms with Crippen LogP contribution in [0.4, 0.5) is 0 Å². The molecule has 0 aliphatic rings. The second-order valence-electron chi connectivity index (χ2n) is 5.79. The number of benzene rings is 2. The topological polar surface area (TPSA) is 50.8 Å². The van der Waals surface area contributed by atoms with Crippen molar-refractivity contribution in [3.05, 3.63) is 66.4 Å². The van der Waals surface area contributed by atoms with Gasteiger partial charge in [0, 0.05) is 22.7 Å². The van der Waals surface area contributed by atoms with Crippen molar-refractivity contribution in [1.82, 2.24) is 15.2 Å². The fraction of sp³-hybridized carbons (Fsp3) is 0.100. The van der Waals surface area contributed by atoms with Crippen molar-refractivity contribution in [1.29, 1.82) is 0 Å². The zero-order chi connectivity index (χ0) is 16.5. The Hall–Kier alpha value is -3.14. The number of H-pyrrole nitrogens is 1. The first-order valence-electron chi connectivity index (χ1n) is 7.80. The molecular weight excluding hydrogens is 298 g/mol. The number of pyridine rings is 1. The molecule has 0 aliphatic heterocycles. The van der Waals surface area contributed by atoms with Crippen molar-refractivity contribution < 1.29 is 4.74 Å². The number of aryl methyl sites for hydroxylation is 1. The molecule has 2 aromatic carbocycles. The summed E-state index contributed by atoms with van der Waals surface area (Å²) in [6.45, 7) is 2.09. The summed E-state index contributed by atoms with van der Waals surface area (Å²) in [5.41, 5.74) is 6.22. The number of rotatable bonds is 3. The van der Waals surface area contributed by atoms with E-state index in [1.807, 2.05) is 30.5 Å². The molecule has 0 radical (unpaired) electrons. The third-order valence-corrected chi connectivity index (χ3v) is 4.17. The maximum atomic E-state index is 5.22. The number of aromatic amines is 1. The van der Waals surface area contributed by atoms with Crippen molar-refractivity contribution in [3.8, 4) is 28.1 Å². The molecule has 4 heteroatoms. The lowest BCUT2D eigenvalue weighted by Crippen LogP contribution is -1.84. The van der Waals surface area contributed by atoms with Crippen molar-refractivity contribution in [2.75, 3.05) is 7.11 Å². The summed E-state index contributed by atoms with van der Waals surface area (Å²) in [6, 6.07) is 18.5. The van der Waals surface area contributed by atoms with Gasteiger partial charge in [-0.05, 0) is 42.8 Å². The monoisotopic (exact) mass is 315 g/mol. The van der Waals surface area contributed by atoms with Crippen LogP contribution in [0.5, 0.6) is 5.75 Å². The minimum Gasteiger partial charge on any atom is -0.497 e. The highest BCUT2D eigenvalue weighted by atomic mass is 16.5. The fourth-order valence-corrected chi connectivity index (χ4v) is 2.78. The van der Waals surface area contributed by atoms with Gasteiger partial charge in [-0.15, -0.1) is 0 Å². The summed E-state index contributed by atoms with van der Waals surface area (Å²) in [5.74, 6) is 0.834. The van der Waals surface area contributed by atoms with E-state index in [0.29, 0.717) is 0 Å². The molecule has 0 fully saturated rings. The lowest BCUT2D eigenvalue weighted by molar-refractivity contribution is 0.415. The molecule has 0 atom stereocenters. The number of ether oxygens (including phenoxy) is 1. The Morgan fingerprint density at radius 2 is 1.58 bits per heavy atom. The second-order valence-corrected chi connectivity index (χ2v) is 5.79. The van der Waals surface area contributed by atoms with Crippen LogP contribution in [0.1, 0.15) is 5.56 Å². The van der Waals surface area contributed by atoms with Gasteiger partial charge in [0.05, 0.1) is 12.8 Å². The maximum absolute atomic E-state index is 5.22. The molecule has 0 bridgehead atoms. The molecule has 0 saturated heterocycles. The van der Waals surface area contributed by atoms with Crippen LogP contribution < -0.4 is 4.74 Å². The molecule has 4 nitrogen and oxygen atoms in total. The zero-order valence-electron chi connectivity index (χ0n) is 13.6. The predicted octanol–water partition coefficient (Wildman–Crippen LogP) is 4.61. The summed E-state index contributed by atoms with van der Waals surface area (Å²) in [7, 11) is 1.67. The molecule has 2 aromatic heterocycles. The van der Waals surface area contributed by atoms with E-state index >= 15 is 0 Å². The van der Waals surface area contributed by atoms with Crippen molar-refractivity contribution in [2.45, 2.75) is 6.92 Å². The summed E-state index contributed by atoms with van der Waals surface area (Å²) in [6.07, 6.45) is 1.87. The van der Waals surface area contributed by atoms with Crippen LogP contribution in [0.3, 0.4) is 0 Å². The van der Waals surface area contributed by atoms with E-state index in [1.54, 1.807) is 7.11 Å². The molecule has 4 aromatic rings. The predicted molar refractivity (Wildman–Crippen MR) is 96.0 cm³/mol. The van der Waals surface area contributed by atoms with Crippen molar-refractivity contribution in [3.63, 3.8) is 0 Å². The standard InChI is InChI=1S/C20H17N3O/c1-13-3-5-14(6-4-13)16-11-18-19(22-23-20(18)21-12-16)15-7-9-17(24-2)10-8-15/h3-12H,1-2H3,(H,21,22,23). The van der Waals surface area contributed by atoms with Crippen LogP contribution in [0.2, 0.25) is 0 Å². The van der Waals surface area contributed by atoms with Gasteiger partial charge in [0.2, 0.25) is 0 Å². The number of nitrogens with zero attached hydrogens (tertiary/aromatic N) is 2. The number of hydrogen-bond donors (Lipinski definition) is 1. The Balaban J connectivity index is 1.82. The van der Waals surface area contributed by atoms with E-state index in [1.165, 1.54) is 5.56 Å². The molecule has 0 saturated carbocycles. The maximum Gasteiger partial charge on any atom is 0.181 e. The van der Waals surface area contributed by atoms with E-state index in [0.717, 1.165) is 39.2 Å². The molecular formula is C20H17N3O. The molecule has 24 heavy (non-hydrogen) atoms. The molecule has 0 unspecified atom stereocenters. The summed E-state index contributed by atoms with van der Waals surface area (Å²) >= 11 is 0. The SMILES string of the molecule is COc1ccc(-c2[nH]nc3ncc(-c4ccc(C)cc4)cc23)cc1. The van der Waals surface area contributed by atoms with E-state index in [4.69, 9.17) is 4.74 Å². The van der Waals surface area contributed by atoms with E-state index in [2.05, 4.69) is 52.4 Å². The fourth-order valence-electron chi connectivity index (χ4n) is 2.78. The third-order valence-electron chi connectivity index (χ3n) is 4.17. The lowest BCUT2D eigenvalue weighted by Gasteiger charge is -2.04. The minimum atomic E-state index is 0.719. The third kappa shape index (κ3) is 2.52. The molecule has 0 aliphatic carbocycles. The normalized spacial score (nSPS) is 10.9. The first-order chi connectivity index (χ1) is 11.7. The first-order valence-corrected chi connectivity index (χ1v) is 7.80. The van der Waals surface area contributed by atoms with Crippen LogP contribution in [-0.2, 0) is 0 Å². The molecule has 118 valence electrons. The summed E-state index contributed by atoms with van der Waals surface area (Å²) < 4.78 is 5.22. The molecule has 1 N–H and O–H groups in total. The second kappa shape index (κ2) is 5.81. The Labute approximate surface area is 140 Å². The van der Waals surface area contributed by atoms with Gasteiger partial charge in [-0.1, -0.05) is 29.8 Å². The van der Waals surface area contributed by atoms with Gasteiger partial charge >= 0.3 is 0 Å². The average molecular weight is 315 g/mol.